The average Bonchev–Trinajstić information content (AvgIpc) is 2.94. The van der Waals surface area contributed by atoms with Gasteiger partial charge in [-0.25, -0.2) is 9.78 Å². The van der Waals surface area contributed by atoms with Crippen LogP contribution in [0.15, 0.2) is 34.9 Å². The number of aryl methyl sites for hydroxylation is 3. The van der Waals surface area contributed by atoms with Crippen molar-refractivity contribution in [1.82, 2.24) is 10.1 Å². The lowest BCUT2D eigenvalue weighted by atomic mass is 10.1. The Labute approximate surface area is 150 Å². The zero-order valence-electron chi connectivity index (χ0n) is 15.0. The van der Waals surface area contributed by atoms with E-state index in [2.05, 4.69) is 15.5 Å². The van der Waals surface area contributed by atoms with Crippen LogP contribution in [0.1, 0.15) is 34.2 Å². The zero-order valence-corrected chi connectivity index (χ0v) is 15.0. The van der Waals surface area contributed by atoms with Gasteiger partial charge >= 0.3 is 5.97 Å². The fraction of sp³-hybridized carbons (Fsp3) is 0.263. The summed E-state index contributed by atoms with van der Waals surface area (Å²) in [5.41, 5.74) is 3.35. The number of benzene rings is 1. The van der Waals surface area contributed by atoms with Crippen LogP contribution in [0.25, 0.3) is 11.1 Å². The lowest BCUT2D eigenvalue weighted by Gasteiger charge is -2.14. The molecule has 0 bridgehead atoms. The minimum atomic E-state index is -0.966. The van der Waals surface area contributed by atoms with Crippen LogP contribution >= 0.6 is 0 Å². The highest BCUT2D eigenvalue weighted by Crippen LogP contribution is 2.23. The summed E-state index contributed by atoms with van der Waals surface area (Å²) in [7, 11) is 0. The van der Waals surface area contributed by atoms with E-state index in [0.29, 0.717) is 22.5 Å². The molecule has 0 aliphatic rings. The number of hydrogen-bond acceptors (Lipinski definition) is 6. The summed E-state index contributed by atoms with van der Waals surface area (Å²) in [5, 5.41) is 7.06. The molecule has 134 valence electrons. The number of carbonyl (C=O) groups excluding carboxylic acids is 2. The van der Waals surface area contributed by atoms with Crippen LogP contribution in [0.3, 0.4) is 0 Å². The number of anilines is 1. The van der Waals surface area contributed by atoms with Gasteiger partial charge in [-0.05, 0) is 51.5 Å². The second kappa shape index (κ2) is 6.95. The third-order valence-corrected chi connectivity index (χ3v) is 3.90. The molecule has 7 heteroatoms. The maximum Gasteiger partial charge on any atom is 0.339 e. The van der Waals surface area contributed by atoms with E-state index in [-0.39, 0.29) is 11.3 Å². The molecule has 1 amide bonds. The summed E-state index contributed by atoms with van der Waals surface area (Å²) >= 11 is 0. The van der Waals surface area contributed by atoms with Crippen LogP contribution in [0.4, 0.5) is 5.69 Å². The molecule has 3 aromatic rings. The summed E-state index contributed by atoms with van der Waals surface area (Å²) in [5.74, 6) is -1.04. The number of ether oxygens (including phenoxy) is 1. The Hall–Kier alpha value is -3.22. The smallest absolute Gasteiger partial charge is 0.339 e. The van der Waals surface area contributed by atoms with E-state index in [4.69, 9.17) is 9.26 Å². The van der Waals surface area contributed by atoms with E-state index in [1.54, 1.807) is 26.0 Å². The molecule has 1 unspecified atom stereocenters. The van der Waals surface area contributed by atoms with Gasteiger partial charge in [0.15, 0.2) is 6.10 Å². The van der Waals surface area contributed by atoms with Gasteiger partial charge in [-0.15, -0.1) is 0 Å². The average molecular weight is 353 g/mol. The van der Waals surface area contributed by atoms with Crippen LogP contribution < -0.4 is 5.32 Å². The van der Waals surface area contributed by atoms with Crippen LogP contribution in [0.2, 0.25) is 0 Å². The number of hydrogen-bond donors (Lipinski definition) is 1. The summed E-state index contributed by atoms with van der Waals surface area (Å²) in [6, 6.07) is 8.97. The van der Waals surface area contributed by atoms with E-state index in [1.165, 1.54) is 6.92 Å². The van der Waals surface area contributed by atoms with Crippen molar-refractivity contribution in [3.05, 3.63) is 52.8 Å². The maximum absolute atomic E-state index is 12.6. The molecule has 26 heavy (non-hydrogen) atoms. The van der Waals surface area contributed by atoms with E-state index >= 15 is 0 Å². The molecule has 2 heterocycles. The van der Waals surface area contributed by atoms with Crippen LogP contribution in [0.5, 0.6) is 0 Å². The third kappa shape index (κ3) is 3.56. The molecule has 0 radical (unpaired) electrons. The Morgan fingerprint density at radius 3 is 2.69 bits per heavy atom. The molecule has 3 rings (SSSR count). The largest absolute Gasteiger partial charge is 0.449 e. The fourth-order valence-electron chi connectivity index (χ4n) is 2.62. The van der Waals surface area contributed by atoms with Gasteiger partial charge in [-0.3, -0.25) is 4.79 Å². The normalized spacial score (nSPS) is 12.0. The molecule has 0 aliphatic carbocycles. The summed E-state index contributed by atoms with van der Waals surface area (Å²) in [4.78, 5) is 29.1. The van der Waals surface area contributed by atoms with Gasteiger partial charge in [-0.1, -0.05) is 17.3 Å². The molecular weight excluding hydrogens is 334 g/mol. The van der Waals surface area contributed by atoms with Crippen molar-refractivity contribution in [2.45, 2.75) is 33.8 Å². The lowest BCUT2D eigenvalue weighted by molar-refractivity contribution is -0.123. The highest BCUT2D eigenvalue weighted by atomic mass is 16.5. The number of fused-ring (bicyclic) bond motifs is 1. The molecule has 0 aliphatic heterocycles. The monoisotopic (exact) mass is 353 g/mol. The van der Waals surface area contributed by atoms with Crippen molar-refractivity contribution in [1.29, 1.82) is 0 Å². The lowest BCUT2D eigenvalue weighted by Crippen LogP contribution is -2.30. The molecular formula is C19H19N3O4. The van der Waals surface area contributed by atoms with Gasteiger partial charge < -0.3 is 14.6 Å². The molecule has 0 saturated heterocycles. The third-order valence-electron chi connectivity index (χ3n) is 3.90. The molecule has 1 atom stereocenters. The van der Waals surface area contributed by atoms with E-state index in [1.807, 2.05) is 25.1 Å². The predicted octanol–water partition coefficient (Wildman–Crippen LogP) is 3.33. The van der Waals surface area contributed by atoms with Gasteiger partial charge in [0.25, 0.3) is 11.6 Å². The minimum Gasteiger partial charge on any atom is -0.449 e. The van der Waals surface area contributed by atoms with E-state index in [0.717, 1.165) is 5.56 Å². The van der Waals surface area contributed by atoms with Gasteiger partial charge in [0.05, 0.1) is 16.6 Å². The van der Waals surface area contributed by atoms with Crippen molar-refractivity contribution >= 4 is 28.7 Å². The first kappa shape index (κ1) is 17.6. The zero-order chi connectivity index (χ0) is 18.8. The molecule has 1 N–H and O–H groups in total. The Morgan fingerprint density at radius 2 is 1.96 bits per heavy atom. The molecule has 0 fully saturated rings. The first-order valence-electron chi connectivity index (χ1n) is 8.17. The summed E-state index contributed by atoms with van der Waals surface area (Å²) < 4.78 is 10.5. The minimum absolute atomic E-state index is 0.270. The highest BCUT2D eigenvalue weighted by molar-refractivity contribution is 6.04. The van der Waals surface area contributed by atoms with Crippen LogP contribution in [0, 0.1) is 20.8 Å². The van der Waals surface area contributed by atoms with Crippen molar-refractivity contribution in [2.75, 3.05) is 5.32 Å². The first-order valence-corrected chi connectivity index (χ1v) is 8.17. The number of carbonyl (C=O) groups is 2. The first-order chi connectivity index (χ1) is 12.3. The second-order valence-corrected chi connectivity index (χ2v) is 6.17. The molecule has 7 nitrogen and oxygen atoms in total. The molecule has 1 aromatic carbocycles. The number of esters is 1. The number of rotatable bonds is 4. The topological polar surface area (TPSA) is 94.3 Å². The molecule has 0 saturated carbocycles. The Morgan fingerprint density at radius 1 is 1.19 bits per heavy atom. The van der Waals surface area contributed by atoms with Crippen molar-refractivity contribution in [2.24, 2.45) is 0 Å². The van der Waals surface area contributed by atoms with E-state index < -0.39 is 18.0 Å². The highest BCUT2D eigenvalue weighted by Gasteiger charge is 2.23. The Kier molecular flexibility index (Phi) is 4.71. The number of nitrogens with zero attached hydrogens (tertiary/aromatic N) is 2. The standard InChI is InChI=1S/C19H19N3O4/c1-10-6-5-7-14(8-10)21-17(23)13(4)25-19(24)15-9-11(2)20-18-16(15)12(3)22-26-18/h5-9,13H,1-4H3,(H,21,23). The van der Waals surface area contributed by atoms with Crippen molar-refractivity contribution in [3.63, 3.8) is 0 Å². The van der Waals surface area contributed by atoms with Gasteiger partial charge in [0.1, 0.15) is 0 Å². The van der Waals surface area contributed by atoms with Crippen molar-refractivity contribution < 1.29 is 18.8 Å². The Balaban J connectivity index is 1.77. The second-order valence-electron chi connectivity index (χ2n) is 6.17. The van der Waals surface area contributed by atoms with Crippen LogP contribution in [-0.4, -0.2) is 28.1 Å². The SMILES string of the molecule is Cc1cccc(NC(=O)C(C)OC(=O)c2cc(C)nc3onc(C)c23)c1. The Bertz CT molecular complexity index is 994. The van der Waals surface area contributed by atoms with Crippen LogP contribution in [-0.2, 0) is 9.53 Å². The number of pyridine rings is 1. The number of aromatic nitrogens is 2. The molecule has 2 aromatic heterocycles. The summed E-state index contributed by atoms with van der Waals surface area (Å²) in [6.45, 7) is 6.90. The predicted molar refractivity (Wildman–Crippen MR) is 96.0 cm³/mol. The fourth-order valence-corrected chi connectivity index (χ4v) is 2.62. The van der Waals surface area contributed by atoms with Gasteiger partial charge in [0.2, 0.25) is 0 Å². The van der Waals surface area contributed by atoms with Gasteiger partial charge in [-0.2, -0.15) is 0 Å². The van der Waals surface area contributed by atoms with Gasteiger partial charge in [0, 0.05) is 11.4 Å². The van der Waals surface area contributed by atoms with Crippen molar-refractivity contribution in [3.8, 4) is 0 Å². The quantitative estimate of drug-likeness (QED) is 0.723. The molecule has 0 spiro atoms. The summed E-state index contributed by atoms with van der Waals surface area (Å²) in [6.07, 6.45) is -0.966. The number of nitrogens with one attached hydrogen (secondary N) is 1. The van der Waals surface area contributed by atoms with E-state index in [9.17, 15) is 9.59 Å². The number of amides is 1. The maximum atomic E-state index is 12.6.